The Kier molecular flexibility index (Phi) is 3.63. The Hall–Kier alpha value is -1.87. The van der Waals surface area contributed by atoms with Gasteiger partial charge in [0.1, 0.15) is 5.75 Å². The SMILES string of the molecule is COc1cccc(C(C)(N)Cc2ccncc2)c1. The number of methoxy groups -OCH3 is 1. The van der Waals surface area contributed by atoms with Gasteiger partial charge in [0.05, 0.1) is 7.11 Å². The van der Waals surface area contributed by atoms with Crippen LogP contribution in [0.15, 0.2) is 48.8 Å². The van der Waals surface area contributed by atoms with E-state index in [4.69, 9.17) is 10.5 Å². The first-order chi connectivity index (χ1) is 8.62. The predicted molar refractivity (Wildman–Crippen MR) is 72.5 cm³/mol. The summed E-state index contributed by atoms with van der Waals surface area (Å²) in [6, 6.07) is 11.9. The monoisotopic (exact) mass is 242 g/mol. The molecule has 1 unspecified atom stereocenters. The van der Waals surface area contributed by atoms with Crippen LogP contribution >= 0.6 is 0 Å². The van der Waals surface area contributed by atoms with E-state index in [0.29, 0.717) is 0 Å². The highest BCUT2D eigenvalue weighted by Crippen LogP contribution is 2.25. The number of nitrogens with two attached hydrogens (primary N) is 1. The van der Waals surface area contributed by atoms with Gasteiger partial charge in [0.15, 0.2) is 0 Å². The number of nitrogens with zero attached hydrogens (tertiary/aromatic N) is 1. The number of pyridine rings is 1. The van der Waals surface area contributed by atoms with Crippen molar-refractivity contribution in [3.8, 4) is 5.75 Å². The molecule has 0 bridgehead atoms. The van der Waals surface area contributed by atoms with Crippen molar-refractivity contribution >= 4 is 0 Å². The van der Waals surface area contributed by atoms with Gasteiger partial charge >= 0.3 is 0 Å². The minimum atomic E-state index is -0.421. The molecule has 0 radical (unpaired) electrons. The van der Waals surface area contributed by atoms with E-state index in [9.17, 15) is 0 Å². The summed E-state index contributed by atoms with van der Waals surface area (Å²) in [5, 5.41) is 0. The van der Waals surface area contributed by atoms with E-state index < -0.39 is 5.54 Å². The lowest BCUT2D eigenvalue weighted by molar-refractivity contribution is 0.410. The molecule has 0 saturated heterocycles. The molecular formula is C15H18N2O. The Morgan fingerprint density at radius 2 is 1.94 bits per heavy atom. The topological polar surface area (TPSA) is 48.1 Å². The first-order valence-corrected chi connectivity index (χ1v) is 5.94. The number of aromatic nitrogens is 1. The second-order valence-electron chi connectivity index (χ2n) is 4.68. The molecular weight excluding hydrogens is 224 g/mol. The lowest BCUT2D eigenvalue weighted by Crippen LogP contribution is -2.35. The third-order valence-corrected chi connectivity index (χ3v) is 3.05. The fourth-order valence-electron chi connectivity index (χ4n) is 2.01. The maximum atomic E-state index is 6.42. The van der Waals surface area contributed by atoms with E-state index in [1.54, 1.807) is 19.5 Å². The molecule has 1 aromatic heterocycles. The Balaban J connectivity index is 2.24. The average molecular weight is 242 g/mol. The quantitative estimate of drug-likeness (QED) is 0.896. The Bertz CT molecular complexity index is 509. The molecule has 2 N–H and O–H groups in total. The summed E-state index contributed by atoms with van der Waals surface area (Å²) in [7, 11) is 1.66. The molecule has 0 aliphatic carbocycles. The first-order valence-electron chi connectivity index (χ1n) is 5.94. The van der Waals surface area contributed by atoms with Crippen molar-refractivity contribution in [2.75, 3.05) is 7.11 Å². The standard InChI is InChI=1S/C15H18N2O/c1-15(16,11-12-6-8-17-9-7-12)13-4-3-5-14(10-13)18-2/h3-10H,11,16H2,1-2H3. The second kappa shape index (κ2) is 5.19. The molecule has 18 heavy (non-hydrogen) atoms. The summed E-state index contributed by atoms with van der Waals surface area (Å²) in [4.78, 5) is 4.01. The van der Waals surface area contributed by atoms with E-state index in [-0.39, 0.29) is 0 Å². The van der Waals surface area contributed by atoms with Crippen LogP contribution in [0, 0.1) is 0 Å². The van der Waals surface area contributed by atoms with E-state index in [1.165, 1.54) is 5.56 Å². The van der Waals surface area contributed by atoms with Crippen LogP contribution in [-0.4, -0.2) is 12.1 Å². The molecule has 2 aromatic rings. The van der Waals surface area contributed by atoms with E-state index >= 15 is 0 Å². The summed E-state index contributed by atoms with van der Waals surface area (Å²) in [5.41, 5.74) is 8.24. The minimum absolute atomic E-state index is 0.421. The van der Waals surface area contributed by atoms with Crippen LogP contribution in [0.25, 0.3) is 0 Å². The summed E-state index contributed by atoms with van der Waals surface area (Å²) in [6.45, 7) is 2.03. The molecule has 0 aliphatic heterocycles. The molecule has 1 heterocycles. The van der Waals surface area contributed by atoms with Gasteiger partial charge in [0.2, 0.25) is 0 Å². The third-order valence-electron chi connectivity index (χ3n) is 3.05. The van der Waals surface area contributed by atoms with Gasteiger partial charge in [0, 0.05) is 17.9 Å². The predicted octanol–water partition coefficient (Wildman–Crippen LogP) is 2.51. The number of hydrogen-bond acceptors (Lipinski definition) is 3. The van der Waals surface area contributed by atoms with Crippen LogP contribution in [0.4, 0.5) is 0 Å². The molecule has 3 heteroatoms. The van der Waals surface area contributed by atoms with E-state index in [1.807, 2.05) is 43.3 Å². The molecule has 94 valence electrons. The summed E-state index contributed by atoms with van der Waals surface area (Å²) < 4.78 is 5.23. The lowest BCUT2D eigenvalue weighted by atomic mass is 9.87. The molecule has 0 fully saturated rings. The Morgan fingerprint density at radius 1 is 1.22 bits per heavy atom. The molecule has 0 saturated carbocycles. The summed E-state index contributed by atoms with van der Waals surface area (Å²) in [5.74, 6) is 0.832. The van der Waals surface area contributed by atoms with Gasteiger partial charge in [-0.15, -0.1) is 0 Å². The van der Waals surface area contributed by atoms with Crippen LogP contribution < -0.4 is 10.5 Å². The van der Waals surface area contributed by atoms with Crippen LogP contribution in [0.5, 0.6) is 5.75 Å². The maximum Gasteiger partial charge on any atom is 0.119 e. The van der Waals surface area contributed by atoms with Gasteiger partial charge in [-0.1, -0.05) is 12.1 Å². The van der Waals surface area contributed by atoms with Crippen LogP contribution in [0.2, 0.25) is 0 Å². The average Bonchev–Trinajstić information content (AvgIpc) is 2.39. The lowest BCUT2D eigenvalue weighted by Gasteiger charge is -2.25. The van der Waals surface area contributed by atoms with Crippen molar-refractivity contribution in [1.29, 1.82) is 0 Å². The van der Waals surface area contributed by atoms with Crippen LogP contribution in [-0.2, 0) is 12.0 Å². The number of ether oxygens (including phenoxy) is 1. The molecule has 0 amide bonds. The van der Waals surface area contributed by atoms with Crippen molar-refractivity contribution < 1.29 is 4.74 Å². The van der Waals surface area contributed by atoms with Gasteiger partial charge in [-0.05, 0) is 48.7 Å². The normalized spacial score (nSPS) is 13.9. The van der Waals surface area contributed by atoms with Crippen molar-refractivity contribution in [2.24, 2.45) is 5.73 Å². The zero-order valence-electron chi connectivity index (χ0n) is 10.8. The van der Waals surface area contributed by atoms with Crippen molar-refractivity contribution in [2.45, 2.75) is 18.9 Å². The zero-order valence-corrected chi connectivity index (χ0v) is 10.8. The molecule has 0 aliphatic rings. The van der Waals surface area contributed by atoms with Crippen molar-refractivity contribution in [3.63, 3.8) is 0 Å². The van der Waals surface area contributed by atoms with E-state index in [0.717, 1.165) is 17.7 Å². The fraction of sp³-hybridized carbons (Fsp3) is 0.267. The highest BCUT2D eigenvalue weighted by molar-refractivity contribution is 5.34. The highest BCUT2D eigenvalue weighted by Gasteiger charge is 2.22. The largest absolute Gasteiger partial charge is 0.497 e. The van der Waals surface area contributed by atoms with Crippen molar-refractivity contribution in [1.82, 2.24) is 4.98 Å². The van der Waals surface area contributed by atoms with Gasteiger partial charge in [-0.2, -0.15) is 0 Å². The molecule has 1 aromatic carbocycles. The fourth-order valence-corrected chi connectivity index (χ4v) is 2.01. The number of benzene rings is 1. The minimum Gasteiger partial charge on any atom is -0.497 e. The summed E-state index contributed by atoms with van der Waals surface area (Å²) in [6.07, 6.45) is 4.34. The number of rotatable bonds is 4. The van der Waals surface area contributed by atoms with Gasteiger partial charge in [-0.25, -0.2) is 0 Å². The highest BCUT2D eigenvalue weighted by atomic mass is 16.5. The first kappa shape index (κ1) is 12.6. The van der Waals surface area contributed by atoms with Crippen LogP contribution in [0.3, 0.4) is 0 Å². The van der Waals surface area contributed by atoms with Gasteiger partial charge in [-0.3, -0.25) is 4.98 Å². The van der Waals surface area contributed by atoms with Crippen LogP contribution in [0.1, 0.15) is 18.1 Å². The third kappa shape index (κ3) is 2.87. The second-order valence-corrected chi connectivity index (χ2v) is 4.68. The molecule has 0 spiro atoms. The zero-order chi connectivity index (χ0) is 13.0. The Morgan fingerprint density at radius 3 is 2.61 bits per heavy atom. The smallest absolute Gasteiger partial charge is 0.119 e. The summed E-state index contributed by atoms with van der Waals surface area (Å²) >= 11 is 0. The molecule has 3 nitrogen and oxygen atoms in total. The van der Waals surface area contributed by atoms with Gasteiger partial charge in [0.25, 0.3) is 0 Å². The Labute approximate surface area is 108 Å². The van der Waals surface area contributed by atoms with Crippen molar-refractivity contribution in [3.05, 3.63) is 59.9 Å². The molecule has 1 atom stereocenters. The maximum absolute atomic E-state index is 6.42. The van der Waals surface area contributed by atoms with Gasteiger partial charge < -0.3 is 10.5 Å². The number of hydrogen-bond donors (Lipinski definition) is 1. The van der Waals surface area contributed by atoms with E-state index in [2.05, 4.69) is 4.98 Å². The molecule has 2 rings (SSSR count).